The van der Waals surface area contributed by atoms with Crippen LogP contribution in [0, 0.1) is 5.82 Å². The lowest BCUT2D eigenvalue weighted by molar-refractivity contribution is 0.180. The van der Waals surface area contributed by atoms with E-state index in [1.165, 1.54) is 27.8 Å². The largest absolute Gasteiger partial charge is 0.486 e. The second-order valence-electron chi connectivity index (χ2n) is 6.71. The molecule has 160 valence electrons. The Balaban J connectivity index is 1.28. The number of hydrogen-bond donors (Lipinski definition) is 0. The molecule has 3 aromatic rings. The number of nitrogens with zero attached hydrogens (tertiary/aromatic N) is 3. The lowest BCUT2D eigenvalue weighted by Gasteiger charge is -2.33. The van der Waals surface area contributed by atoms with E-state index in [-0.39, 0.29) is 10.0 Å². The maximum atomic E-state index is 12.9. The average molecular weight is 488 g/mol. The van der Waals surface area contributed by atoms with Gasteiger partial charge in [-0.05, 0) is 36.4 Å². The van der Waals surface area contributed by atoms with Gasteiger partial charge in [0.1, 0.15) is 27.4 Å². The predicted molar refractivity (Wildman–Crippen MR) is 116 cm³/mol. The van der Waals surface area contributed by atoms with Crippen molar-refractivity contribution in [2.75, 3.05) is 26.2 Å². The van der Waals surface area contributed by atoms with Crippen LogP contribution in [0.15, 0.2) is 46.0 Å². The second-order valence-corrected chi connectivity index (χ2v) is 11.5. The lowest BCUT2D eigenvalue weighted by Crippen LogP contribution is -2.48. The molecule has 0 radical (unpaired) electrons. The smallest absolute Gasteiger partial charge is 0.252 e. The van der Waals surface area contributed by atoms with E-state index in [4.69, 9.17) is 16.3 Å². The summed E-state index contributed by atoms with van der Waals surface area (Å²) in [6.07, 6.45) is 0. The van der Waals surface area contributed by atoms with E-state index in [1.54, 1.807) is 24.3 Å². The van der Waals surface area contributed by atoms with E-state index in [0.717, 1.165) is 22.0 Å². The fourth-order valence-corrected chi connectivity index (χ4v) is 6.84. The molecule has 0 amide bonds. The van der Waals surface area contributed by atoms with Gasteiger partial charge in [-0.3, -0.25) is 4.90 Å². The van der Waals surface area contributed by atoms with Crippen molar-refractivity contribution >= 4 is 44.3 Å². The highest BCUT2D eigenvalue weighted by Crippen LogP contribution is 2.28. The zero-order valence-corrected chi connectivity index (χ0v) is 19.0. The number of halogens is 2. The van der Waals surface area contributed by atoms with Crippen LogP contribution in [0.5, 0.6) is 5.75 Å². The quantitative estimate of drug-likeness (QED) is 0.502. The third-order valence-corrected chi connectivity index (χ3v) is 9.10. The van der Waals surface area contributed by atoms with Gasteiger partial charge in [-0.1, -0.05) is 11.6 Å². The van der Waals surface area contributed by atoms with Gasteiger partial charge in [-0.2, -0.15) is 4.31 Å². The molecule has 0 bridgehead atoms. The van der Waals surface area contributed by atoms with Crippen LogP contribution in [0.3, 0.4) is 0 Å². The molecule has 30 heavy (non-hydrogen) atoms. The van der Waals surface area contributed by atoms with Gasteiger partial charge in [-0.25, -0.2) is 17.8 Å². The van der Waals surface area contributed by atoms with Crippen LogP contribution < -0.4 is 4.74 Å². The molecule has 0 N–H and O–H groups in total. The van der Waals surface area contributed by atoms with Crippen LogP contribution in [0.1, 0.15) is 10.7 Å². The highest BCUT2D eigenvalue weighted by atomic mass is 35.5. The van der Waals surface area contributed by atoms with E-state index in [9.17, 15) is 12.8 Å². The summed E-state index contributed by atoms with van der Waals surface area (Å²) < 4.78 is 46.2. The van der Waals surface area contributed by atoms with Crippen LogP contribution in [0.2, 0.25) is 4.34 Å². The van der Waals surface area contributed by atoms with Gasteiger partial charge >= 0.3 is 0 Å². The molecular formula is C19H19ClFN3O3S3. The van der Waals surface area contributed by atoms with Crippen molar-refractivity contribution in [3.63, 3.8) is 0 Å². The van der Waals surface area contributed by atoms with Crippen LogP contribution in [-0.2, 0) is 23.2 Å². The number of piperazine rings is 1. The van der Waals surface area contributed by atoms with Gasteiger partial charge in [0.15, 0.2) is 0 Å². The molecule has 1 saturated heterocycles. The SMILES string of the molecule is O=S(=O)(c1ccc(Cl)s1)N1CCN(Cc2csc(COc3ccc(F)cc3)n2)CC1. The number of thiophene rings is 1. The minimum atomic E-state index is -3.48. The molecule has 0 aliphatic carbocycles. The first-order valence-electron chi connectivity index (χ1n) is 9.20. The topological polar surface area (TPSA) is 62.7 Å². The Hall–Kier alpha value is -1.56. The van der Waals surface area contributed by atoms with E-state index in [0.29, 0.717) is 49.4 Å². The zero-order chi connectivity index (χ0) is 21.1. The summed E-state index contributed by atoms with van der Waals surface area (Å²) in [5.41, 5.74) is 0.930. The molecule has 1 fully saturated rings. The minimum absolute atomic E-state index is 0.284. The van der Waals surface area contributed by atoms with Crippen molar-refractivity contribution in [3.8, 4) is 5.75 Å². The van der Waals surface area contributed by atoms with Gasteiger partial charge in [0.05, 0.1) is 10.0 Å². The Morgan fingerprint density at radius 3 is 2.50 bits per heavy atom. The number of sulfonamides is 1. The Morgan fingerprint density at radius 2 is 1.83 bits per heavy atom. The number of hydrogen-bond acceptors (Lipinski definition) is 7. The van der Waals surface area contributed by atoms with Gasteiger partial charge in [-0.15, -0.1) is 22.7 Å². The highest BCUT2D eigenvalue weighted by molar-refractivity contribution is 7.91. The summed E-state index contributed by atoms with van der Waals surface area (Å²) in [7, 11) is -3.48. The standard InChI is InChI=1S/C19H19ClFN3O3S3/c20-17-5-6-19(29-17)30(25,26)24-9-7-23(8-10-24)11-15-13-28-18(22-15)12-27-16-3-1-14(21)2-4-16/h1-6,13H,7-12H2. The number of ether oxygens (including phenoxy) is 1. The van der Waals surface area contributed by atoms with E-state index < -0.39 is 10.0 Å². The van der Waals surface area contributed by atoms with Crippen molar-refractivity contribution in [1.82, 2.24) is 14.2 Å². The van der Waals surface area contributed by atoms with Crippen molar-refractivity contribution in [2.45, 2.75) is 17.4 Å². The molecule has 0 unspecified atom stereocenters. The molecule has 1 aliphatic heterocycles. The molecule has 3 heterocycles. The maximum absolute atomic E-state index is 12.9. The Morgan fingerprint density at radius 1 is 1.10 bits per heavy atom. The van der Waals surface area contributed by atoms with Gasteiger partial charge in [0, 0.05) is 38.1 Å². The molecule has 4 rings (SSSR count). The summed E-state index contributed by atoms with van der Waals surface area (Å²) in [4.78, 5) is 6.78. The van der Waals surface area contributed by atoms with E-state index in [1.807, 2.05) is 5.38 Å². The first kappa shape index (κ1) is 21.7. The van der Waals surface area contributed by atoms with Gasteiger partial charge < -0.3 is 4.74 Å². The Labute approximate surface area is 187 Å². The number of aromatic nitrogens is 1. The van der Waals surface area contributed by atoms with Crippen molar-refractivity contribution in [2.24, 2.45) is 0 Å². The Kier molecular flexibility index (Phi) is 6.71. The second kappa shape index (κ2) is 9.29. The molecule has 0 spiro atoms. The summed E-state index contributed by atoms with van der Waals surface area (Å²) in [6, 6.07) is 9.04. The number of benzene rings is 1. The first-order chi connectivity index (χ1) is 14.4. The minimum Gasteiger partial charge on any atom is -0.486 e. The molecule has 2 aromatic heterocycles. The number of thiazole rings is 1. The maximum Gasteiger partial charge on any atom is 0.252 e. The van der Waals surface area contributed by atoms with Gasteiger partial charge in [0.25, 0.3) is 10.0 Å². The fourth-order valence-electron chi connectivity index (χ4n) is 3.08. The molecule has 1 aromatic carbocycles. The third kappa shape index (κ3) is 5.19. The molecule has 1 aliphatic rings. The van der Waals surface area contributed by atoms with Crippen molar-refractivity contribution < 1.29 is 17.5 Å². The molecule has 0 atom stereocenters. The van der Waals surface area contributed by atoms with Crippen LogP contribution >= 0.6 is 34.3 Å². The molecule has 0 saturated carbocycles. The van der Waals surface area contributed by atoms with E-state index >= 15 is 0 Å². The highest BCUT2D eigenvalue weighted by Gasteiger charge is 2.29. The predicted octanol–water partition coefficient (Wildman–Crippen LogP) is 4.08. The molecule has 11 heteroatoms. The van der Waals surface area contributed by atoms with Crippen molar-refractivity contribution in [1.29, 1.82) is 0 Å². The monoisotopic (exact) mass is 487 g/mol. The van der Waals surface area contributed by atoms with Crippen LogP contribution in [0.4, 0.5) is 4.39 Å². The average Bonchev–Trinajstić information content (AvgIpc) is 3.37. The summed E-state index contributed by atoms with van der Waals surface area (Å²) >= 11 is 8.47. The van der Waals surface area contributed by atoms with Gasteiger partial charge in [0.2, 0.25) is 0 Å². The number of rotatable bonds is 7. The fraction of sp³-hybridized carbons (Fsp3) is 0.316. The molecular weight excluding hydrogens is 469 g/mol. The lowest BCUT2D eigenvalue weighted by atomic mass is 10.3. The normalized spacial score (nSPS) is 16.1. The summed E-state index contributed by atoms with van der Waals surface area (Å²) in [5.74, 6) is 0.295. The zero-order valence-electron chi connectivity index (χ0n) is 15.8. The first-order valence-corrected chi connectivity index (χ1v) is 12.7. The van der Waals surface area contributed by atoms with Crippen molar-refractivity contribution in [3.05, 3.63) is 62.6 Å². The summed E-state index contributed by atoms with van der Waals surface area (Å²) in [6.45, 7) is 3.12. The molecule has 6 nitrogen and oxygen atoms in total. The van der Waals surface area contributed by atoms with E-state index in [2.05, 4.69) is 9.88 Å². The third-order valence-electron chi connectivity index (χ3n) is 4.63. The van der Waals surface area contributed by atoms with Crippen LogP contribution in [0.25, 0.3) is 0 Å². The Bertz CT molecular complexity index is 1090. The van der Waals surface area contributed by atoms with Crippen LogP contribution in [-0.4, -0.2) is 48.8 Å². The summed E-state index contributed by atoms with van der Waals surface area (Å²) in [5, 5.41) is 2.82.